The predicted octanol–water partition coefficient (Wildman–Crippen LogP) is 2.37. The van der Waals surface area contributed by atoms with Gasteiger partial charge in [-0.1, -0.05) is 0 Å². The van der Waals surface area contributed by atoms with Gasteiger partial charge in [0.1, 0.15) is 5.65 Å². The lowest BCUT2D eigenvalue weighted by Gasteiger charge is -2.00. The van der Waals surface area contributed by atoms with Gasteiger partial charge in [-0.05, 0) is 18.2 Å². The molecule has 0 spiro atoms. The molecule has 0 fully saturated rings. The number of fused-ring (bicyclic) bond motifs is 1. The van der Waals surface area contributed by atoms with Crippen LogP contribution < -0.4 is 0 Å². The number of nitro groups is 1. The normalized spacial score (nSPS) is 10.4. The lowest BCUT2D eigenvalue weighted by atomic mass is 10.1. The average Bonchev–Trinajstić information content (AvgIpc) is 2.86. The fraction of sp³-hybridized carbons (Fsp3) is 0.0714. The molecule has 0 atom stereocenters. The predicted molar refractivity (Wildman–Crippen MR) is 74.4 cm³/mol. The Hall–Kier alpha value is -3.27. The third-order valence-electron chi connectivity index (χ3n) is 3.09. The van der Waals surface area contributed by atoms with Gasteiger partial charge < -0.3 is 0 Å². The maximum absolute atomic E-state index is 10.9. The van der Waals surface area contributed by atoms with Crippen LogP contribution in [0.5, 0.6) is 0 Å². The van der Waals surface area contributed by atoms with Crippen molar-refractivity contribution in [3.05, 3.63) is 58.7 Å². The fourth-order valence-corrected chi connectivity index (χ4v) is 2.17. The van der Waals surface area contributed by atoms with Crippen LogP contribution in [0.15, 0.2) is 42.9 Å². The van der Waals surface area contributed by atoms with E-state index in [1.165, 1.54) is 12.3 Å². The smallest absolute Gasteiger partial charge is 0.286 e. The summed E-state index contributed by atoms with van der Waals surface area (Å²) >= 11 is 0. The van der Waals surface area contributed by atoms with Gasteiger partial charge in [0.05, 0.1) is 35.0 Å². The molecule has 0 amide bonds. The molecule has 7 nitrogen and oxygen atoms in total. The number of imidazole rings is 1. The van der Waals surface area contributed by atoms with Gasteiger partial charge in [-0.3, -0.25) is 19.5 Å². The molecule has 102 valence electrons. The van der Waals surface area contributed by atoms with E-state index >= 15 is 0 Å². The highest BCUT2D eigenvalue weighted by Gasteiger charge is 2.16. The number of pyridine rings is 2. The second-order valence-corrected chi connectivity index (χ2v) is 4.36. The van der Waals surface area contributed by atoms with Crippen LogP contribution in [-0.2, 0) is 6.42 Å². The first-order valence-corrected chi connectivity index (χ1v) is 6.13. The highest BCUT2D eigenvalue weighted by Crippen LogP contribution is 2.25. The number of hydrogen-bond acceptors (Lipinski definition) is 5. The van der Waals surface area contributed by atoms with Crippen LogP contribution in [-0.4, -0.2) is 19.3 Å². The minimum atomic E-state index is -0.473. The van der Waals surface area contributed by atoms with Gasteiger partial charge >= 0.3 is 0 Å². The van der Waals surface area contributed by atoms with Crippen molar-refractivity contribution in [3.63, 3.8) is 0 Å². The lowest BCUT2D eigenvalue weighted by Crippen LogP contribution is -1.96. The van der Waals surface area contributed by atoms with Crippen LogP contribution in [0.4, 0.5) is 5.69 Å². The third-order valence-corrected chi connectivity index (χ3v) is 3.09. The summed E-state index contributed by atoms with van der Waals surface area (Å²) in [6.07, 6.45) is 4.78. The molecule has 0 saturated heterocycles. The Labute approximate surface area is 119 Å². The second-order valence-electron chi connectivity index (χ2n) is 4.36. The molecule has 3 aromatic heterocycles. The Balaban J connectivity index is 2.28. The fourth-order valence-electron chi connectivity index (χ4n) is 2.17. The molecular formula is C14H9N5O2. The Morgan fingerprint density at radius 3 is 2.90 bits per heavy atom. The van der Waals surface area contributed by atoms with E-state index in [0.29, 0.717) is 17.0 Å². The molecule has 0 aliphatic carbocycles. The molecule has 0 aliphatic rings. The SMILES string of the molecule is N#CCc1c(-c2cccnc2)nc2ccc([N+](=O)[O-])cn12. The first-order valence-electron chi connectivity index (χ1n) is 6.13. The van der Waals surface area contributed by atoms with Crippen LogP contribution >= 0.6 is 0 Å². The minimum absolute atomic E-state index is 0.0446. The summed E-state index contributed by atoms with van der Waals surface area (Å²) in [5.74, 6) is 0. The molecular weight excluding hydrogens is 270 g/mol. The summed E-state index contributed by atoms with van der Waals surface area (Å²) in [5.41, 5.74) is 2.52. The van der Waals surface area contributed by atoms with Crippen molar-refractivity contribution >= 4 is 11.3 Å². The molecule has 0 N–H and O–H groups in total. The van der Waals surface area contributed by atoms with Crippen molar-refractivity contribution in [3.8, 4) is 17.3 Å². The van der Waals surface area contributed by atoms with E-state index in [-0.39, 0.29) is 12.1 Å². The molecule has 0 aliphatic heterocycles. The second kappa shape index (κ2) is 5.02. The van der Waals surface area contributed by atoms with Crippen LogP contribution in [0, 0.1) is 21.4 Å². The molecule has 3 rings (SSSR count). The highest BCUT2D eigenvalue weighted by atomic mass is 16.6. The van der Waals surface area contributed by atoms with Crippen molar-refractivity contribution in [2.45, 2.75) is 6.42 Å². The van der Waals surface area contributed by atoms with Crippen molar-refractivity contribution in [1.29, 1.82) is 5.26 Å². The number of hydrogen-bond donors (Lipinski definition) is 0. The van der Waals surface area contributed by atoms with Crippen molar-refractivity contribution in [2.75, 3.05) is 0 Å². The molecule has 0 aromatic carbocycles. The molecule has 0 saturated carbocycles. The molecule has 0 unspecified atom stereocenters. The Bertz CT molecular complexity index is 864. The monoisotopic (exact) mass is 279 g/mol. The summed E-state index contributed by atoms with van der Waals surface area (Å²) < 4.78 is 1.59. The number of rotatable bonds is 3. The molecule has 3 aromatic rings. The Morgan fingerprint density at radius 2 is 2.24 bits per heavy atom. The van der Waals surface area contributed by atoms with E-state index in [0.717, 1.165) is 5.56 Å². The van der Waals surface area contributed by atoms with Crippen LogP contribution in [0.2, 0.25) is 0 Å². The number of nitrogens with zero attached hydrogens (tertiary/aromatic N) is 5. The van der Waals surface area contributed by atoms with E-state index in [2.05, 4.69) is 16.0 Å². The zero-order valence-electron chi connectivity index (χ0n) is 10.8. The Kier molecular flexibility index (Phi) is 3.04. The van der Waals surface area contributed by atoms with Gasteiger partial charge in [-0.15, -0.1) is 0 Å². The highest BCUT2D eigenvalue weighted by molar-refractivity contribution is 5.66. The zero-order valence-corrected chi connectivity index (χ0v) is 10.8. The van der Waals surface area contributed by atoms with Crippen LogP contribution in [0.1, 0.15) is 5.69 Å². The van der Waals surface area contributed by atoms with E-state index in [1.807, 2.05) is 6.07 Å². The van der Waals surface area contributed by atoms with Crippen molar-refractivity contribution < 1.29 is 4.92 Å². The van der Waals surface area contributed by atoms with Crippen molar-refractivity contribution in [2.24, 2.45) is 0 Å². The first kappa shape index (κ1) is 12.7. The maximum Gasteiger partial charge on any atom is 0.286 e. The first-order chi connectivity index (χ1) is 10.2. The summed E-state index contributed by atoms with van der Waals surface area (Å²) in [7, 11) is 0. The van der Waals surface area contributed by atoms with Gasteiger partial charge in [-0.25, -0.2) is 4.98 Å². The summed E-state index contributed by atoms with van der Waals surface area (Å²) in [6.45, 7) is 0. The van der Waals surface area contributed by atoms with Crippen LogP contribution in [0.25, 0.3) is 16.9 Å². The quantitative estimate of drug-likeness (QED) is 0.541. The topological polar surface area (TPSA) is 97.1 Å². The van der Waals surface area contributed by atoms with Gasteiger partial charge in [0.25, 0.3) is 5.69 Å². The Morgan fingerprint density at radius 1 is 1.38 bits per heavy atom. The zero-order chi connectivity index (χ0) is 14.8. The van der Waals surface area contributed by atoms with Crippen molar-refractivity contribution in [1.82, 2.24) is 14.4 Å². The van der Waals surface area contributed by atoms with E-state index in [1.54, 1.807) is 28.9 Å². The number of aromatic nitrogens is 3. The molecule has 3 heterocycles. The average molecular weight is 279 g/mol. The summed E-state index contributed by atoms with van der Waals surface area (Å²) in [6, 6.07) is 8.65. The van der Waals surface area contributed by atoms with E-state index < -0.39 is 4.92 Å². The third kappa shape index (κ3) is 2.19. The molecule has 0 radical (unpaired) electrons. The summed E-state index contributed by atoms with van der Waals surface area (Å²) in [5, 5.41) is 19.9. The molecule has 21 heavy (non-hydrogen) atoms. The molecule has 7 heteroatoms. The van der Waals surface area contributed by atoms with Crippen LogP contribution in [0.3, 0.4) is 0 Å². The van der Waals surface area contributed by atoms with Gasteiger partial charge in [0, 0.05) is 24.0 Å². The minimum Gasteiger partial charge on any atom is -0.295 e. The van der Waals surface area contributed by atoms with E-state index in [4.69, 9.17) is 5.26 Å². The maximum atomic E-state index is 10.9. The summed E-state index contributed by atoms with van der Waals surface area (Å²) in [4.78, 5) is 18.9. The van der Waals surface area contributed by atoms with Gasteiger partial charge in [0.15, 0.2) is 0 Å². The lowest BCUT2D eigenvalue weighted by molar-refractivity contribution is -0.385. The van der Waals surface area contributed by atoms with E-state index in [9.17, 15) is 10.1 Å². The van der Waals surface area contributed by atoms with Gasteiger partial charge in [-0.2, -0.15) is 5.26 Å². The standard InChI is InChI=1S/C14H9N5O2/c15-6-5-12-14(10-2-1-7-16-8-10)17-13-4-3-11(19(20)21)9-18(12)13/h1-4,7-9H,5H2. The molecule has 0 bridgehead atoms. The largest absolute Gasteiger partial charge is 0.295 e. The number of nitriles is 1. The van der Waals surface area contributed by atoms with Gasteiger partial charge in [0.2, 0.25) is 0 Å².